The summed E-state index contributed by atoms with van der Waals surface area (Å²) < 4.78 is 0. The monoisotopic (exact) mass is 326 g/mol. The number of halogens is 2. The highest BCUT2D eigenvalue weighted by atomic mass is 35.5. The van der Waals surface area contributed by atoms with Gasteiger partial charge in [0.15, 0.2) is 0 Å². The van der Waals surface area contributed by atoms with Crippen molar-refractivity contribution in [1.29, 1.82) is 0 Å². The zero-order chi connectivity index (χ0) is 14.7. The van der Waals surface area contributed by atoms with E-state index in [-0.39, 0.29) is 0 Å². The molecule has 0 spiro atoms. The normalized spacial score (nSPS) is 23.1. The molecule has 21 heavy (non-hydrogen) atoms. The van der Waals surface area contributed by atoms with E-state index in [0.29, 0.717) is 12.0 Å². The summed E-state index contributed by atoms with van der Waals surface area (Å²) in [5, 5.41) is 5.11. The van der Waals surface area contributed by atoms with E-state index in [2.05, 4.69) is 16.3 Å². The van der Waals surface area contributed by atoms with Gasteiger partial charge in [-0.25, -0.2) is 0 Å². The van der Waals surface area contributed by atoms with Crippen LogP contribution in [-0.4, -0.2) is 31.1 Å². The Hall–Kier alpha value is -0.280. The molecule has 2 aliphatic rings. The van der Waals surface area contributed by atoms with Gasteiger partial charge in [0.1, 0.15) is 0 Å². The summed E-state index contributed by atoms with van der Waals surface area (Å²) >= 11 is 12.8. The topological polar surface area (TPSA) is 15.3 Å². The third-order valence-electron chi connectivity index (χ3n) is 4.92. The molecule has 1 aromatic carbocycles. The lowest BCUT2D eigenvalue weighted by molar-refractivity contribution is 0.103. The molecule has 3 rings (SSSR count). The van der Waals surface area contributed by atoms with Crippen molar-refractivity contribution in [3.63, 3.8) is 0 Å². The van der Waals surface area contributed by atoms with Crippen molar-refractivity contribution < 1.29 is 0 Å². The van der Waals surface area contributed by atoms with Gasteiger partial charge < -0.3 is 5.32 Å². The van der Waals surface area contributed by atoms with Crippen LogP contribution in [0.5, 0.6) is 0 Å². The highest BCUT2D eigenvalue weighted by molar-refractivity contribution is 6.33. The Balaban J connectivity index is 1.91. The van der Waals surface area contributed by atoms with Crippen molar-refractivity contribution in [2.45, 2.75) is 38.1 Å². The number of hydrogen-bond acceptors (Lipinski definition) is 2. The fourth-order valence-corrected chi connectivity index (χ4v) is 4.31. The van der Waals surface area contributed by atoms with Crippen molar-refractivity contribution in [2.75, 3.05) is 26.2 Å². The van der Waals surface area contributed by atoms with E-state index in [1.165, 1.54) is 37.7 Å². The van der Waals surface area contributed by atoms with Gasteiger partial charge in [-0.1, -0.05) is 42.5 Å². The zero-order valence-corrected chi connectivity index (χ0v) is 14.0. The van der Waals surface area contributed by atoms with Gasteiger partial charge in [0, 0.05) is 42.3 Å². The molecule has 0 amide bonds. The first-order chi connectivity index (χ1) is 10.3. The fourth-order valence-electron chi connectivity index (χ4n) is 3.90. The first kappa shape index (κ1) is 15.6. The van der Waals surface area contributed by atoms with Crippen LogP contribution < -0.4 is 5.32 Å². The maximum Gasteiger partial charge on any atom is 0.0455 e. The van der Waals surface area contributed by atoms with Crippen molar-refractivity contribution in [2.24, 2.45) is 5.92 Å². The average molecular weight is 327 g/mol. The van der Waals surface area contributed by atoms with E-state index in [0.717, 1.165) is 36.2 Å². The van der Waals surface area contributed by atoms with Gasteiger partial charge in [0.25, 0.3) is 0 Å². The summed E-state index contributed by atoms with van der Waals surface area (Å²) in [6.07, 6.45) is 6.72. The minimum Gasteiger partial charge on any atom is -0.314 e. The standard InChI is InChI=1S/C17H24Cl2N2/c18-14-6-7-16(19)15(12-14)17(13-4-2-1-3-5-13)21-10-8-20-9-11-21/h6-7,12-13,17,20H,1-5,8-11H2/t17-/m0/s1. The maximum atomic E-state index is 6.53. The highest BCUT2D eigenvalue weighted by Crippen LogP contribution is 2.41. The first-order valence-corrected chi connectivity index (χ1v) is 8.91. The molecule has 0 radical (unpaired) electrons. The molecule has 0 unspecified atom stereocenters. The van der Waals surface area contributed by atoms with Crippen molar-refractivity contribution >= 4 is 23.2 Å². The smallest absolute Gasteiger partial charge is 0.0455 e. The third kappa shape index (κ3) is 3.73. The summed E-state index contributed by atoms with van der Waals surface area (Å²) in [5.41, 5.74) is 1.23. The number of rotatable bonds is 3. The zero-order valence-electron chi connectivity index (χ0n) is 12.5. The Morgan fingerprint density at radius 2 is 1.76 bits per heavy atom. The molecule has 1 saturated carbocycles. The predicted molar refractivity (Wildman–Crippen MR) is 90.2 cm³/mol. The molecule has 1 aromatic rings. The van der Waals surface area contributed by atoms with E-state index < -0.39 is 0 Å². The lowest BCUT2D eigenvalue weighted by atomic mass is 9.80. The van der Waals surface area contributed by atoms with Gasteiger partial charge in [-0.2, -0.15) is 0 Å². The van der Waals surface area contributed by atoms with Gasteiger partial charge in [-0.05, 0) is 42.5 Å². The molecule has 1 aliphatic carbocycles. The van der Waals surface area contributed by atoms with Crippen LogP contribution in [0.4, 0.5) is 0 Å². The van der Waals surface area contributed by atoms with E-state index in [9.17, 15) is 0 Å². The molecule has 0 aromatic heterocycles. The molecule has 2 nitrogen and oxygen atoms in total. The molecule has 2 fully saturated rings. The molecule has 1 saturated heterocycles. The molecular formula is C17H24Cl2N2. The number of hydrogen-bond donors (Lipinski definition) is 1. The van der Waals surface area contributed by atoms with Crippen LogP contribution in [-0.2, 0) is 0 Å². The molecular weight excluding hydrogens is 303 g/mol. The van der Waals surface area contributed by atoms with E-state index in [1.807, 2.05) is 12.1 Å². The van der Waals surface area contributed by atoms with Gasteiger partial charge >= 0.3 is 0 Å². The summed E-state index contributed by atoms with van der Waals surface area (Å²) in [7, 11) is 0. The van der Waals surface area contributed by atoms with Gasteiger partial charge in [0.2, 0.25) is 0 Å². The van der Waals surface area contributed by atoms with Crippen LogP contribution in [0.2, 0.25) is 10.0 Å². The van der Waals surface area contributed by atoms with E-state index in [4.69, 9.17) is 23.2 Å². The van der Waals surface area contributed by atoms with Gasteiger partial charge in [-0.3, -0.25) is 4.90 Å². The van der Waals surface area contributed by atoms with E-state index in [1.54, 1.807) is 0 Å². The highest BCUT2D eigenvalue weighted by Gasteiger charge is 2.32. The second-order valence-electron chi connectivity index (χ2n) is 6.29. The minimum absolute atomic E-state index is 0.429. The largest absolute Gasteiger partial charge is 0.314 e. The Kier molecular flexibility index (Phi) is 5.44. The Morgan fingerprint density at radius 3 is 2.48 bits per heavy atom. The molecule has 0 bridgehead atoms. The second kappa shape index (κ2) is 7.32. The summed E-state index contributed by atoms with van der Waals surface area (Å²) in [6, 6.07) is 6.37. The van der Waals surface area contributed by atoms with Crippen LogP contribution >= 0.6 is 23.2 Å². The number of nitrogens with one attached hydrogen (secondary N) is 1. The Bertz CT molecular complexity index is 448. The third-order valence-corrected chi connectivity index (χ3v) is 5.50. The molecule has 116 valence electrons. The van der Waals surface area contributed by atoms with Crippen molar-refractivity contribution in [1.82, 2.24) is 10.2 Å². The number of benzene rings is 1. The van der Waals surface area contributed by atoms with Gasteiger partial charge in [-0.15, -0.1) is 0 Å². The first-order valence-electron chi connectivity index (χ1n) is 8.15. The average Bonchev–Trinajstić information content (AvgIpc) is 2.53. The Labute approximate surface area is 137 Å². The predicted octanol–water partition coefficient (Wildman–Crippen LogP) is 4.52. The second-order valence-corrected chi connectivity index (χ2v) is 7.14. The quantitative estimate of drug-likeness (QED) is 0.878. The molecule has 1 atom stereocenters. The molecule has 1 heterocycles. The van der Waals surface area contributed by atoms with Crippen LogP contribution in [0.15, 0.2) is 18.2 Å². The number of piperazine rings is 1. The van der Waals surface area contributed by atoms with Crippen LogP contribution in [0, 0.1) is 5.92 Å². The molecule has 1 aliphatic heterocycles. The van der Waals surface area contributed by atoms with Crippen LogP contribution in [0.25, 0.3) is 0 Å². The lowest BCUT2D eigenvalue weighted by Crippen LogP contribution is -2.47. The molecule has 1 N–H and O–H groups in total. The summed E-state index contributed by atoms with van der Waals surface area (Å²) in [4.78, 5) is 2.62. The summed E-state index contributed by atoms with van der Waals surface area (Å²) in [6.45, 7) is 4.34. The minimum atomic E-state index is 0.429. The van der Waals surface area contributed by atoms with E-state index >= 15 is 0 Å². The Morgan fingerprint density at radius 1 is 1.05 bits per heavy atom. The summed E-state index contributed by atoms with van der Waals surface area (Å²) in [5.74, 6) is 0.716. The van der Waals surface area contributed by atoms with Crippen LogP contribution in [0.3, 0.4) is 0 Å². The number of nitrogens with zero attached hydrogens (tertiary/aromatic N) is 1. The lowest BCUT2D eigenvalue weighted by Gasteiger charge is -2.41. The SMILES string of the molecule is Clc1ccc(Cl)c([C@H](C2CCCCC2)N2CCNCC2)c1. The molecule has 4 heteroatoms. The van der Waals surface area contributed by atoms with Crippen LogP contribution in [0.1, 0.15) is 43.7 Å². The fraction of sp³-hybridized carbons (Fsp3) is 0.647. The van der Waals surface area contributed by atoms with Crippen molar-refractivity contribution in [3.05, 3.63) is 33.8 Å². The van der Waals surface area contributed by atoms with Crippen molar-refractivity contribution in [3.8, 4) is 0 Å². The maximum absolute atomic E-state index is 6.53. The van der Waals surface area contributed by atoms with Gasteiger partial charge in [0.05, 0.1) is 0 Å².